The Kier molecular flexibility index (Phi) is 7.24. The van der Waals surface area contributed by atoms with Crippen molar-refractivity contribution in [2.75, 3.05) is 13.7 Å². The number of hydrogen-bond donors (Lipinski definition) is 3. The van der Waals surface area contributed by atoms with Gasteiger partial charge >= 0.3 is 0 Å². The van der Waals surface area contributed by atoms with Crippen molar-refractivity contribution in [3.63, 3.8) is 0 Å². The lowest BCUT2D eigenvalue weighted by Crippen LogP contribution is -2.58. The molecular weight excluding hydrogens is 384 g/mol. The van der Waals surface area contributed by atoms with Crippen molar-refractivity contribution in [2.24, 2.45) is 29.1 Å². The van der Waals surface area contributed by atoms with Crippen molar-refractivity contribution in [2.45, 2.75) is 65.1 Å². The smallest absolute Gasteiger partial charge is 0.246 e. The predicted molar refractivity (Wildman–Crippen MR) is 112 cm³/mol. The van der Waals surface area contributed by atoms with Crippen LogP contribution in [0.1, 0.15) is 52.2 Å². The molecule has 2 saturated carbocycles. The molecule has 0 spiro atoms. The minimum Gasteiger partial charge on any atom is -0.467 e. The summed E-state index contributed by atoms with van der Waals surface area (Å²) in [6.45, 7) is 6.67. The summed E-state index contributed by atoms with van der Waals surface area (Å²) in [6.07, 6.45) is 4.69. The molecule has 0 aliphatic heterocycles. The van der Waals surface area contributed by atoms with Crippen LogP contribution in [0.3, 0.4) is 0 Å². The first-order valence-electron chi connectivity index (χ1n) is 11.0. The maximum absolute atomic E-state index is 12.8. The fourth-order valence-electron chi connectivity index (χ4n) is 5.82. The van der Waals surface area contributed by atoms with E-state index in [1.807, 2.05) is 13.0 Å². The van der Waals surface area contributed by atoms with Gasteiger partial charge < -0.3 is 24.9 Å². The van der Waals surface area contributed by atoms with Gasteiger partial charge in [0.25, 0.3) is 0 Å². The van der Waals surface area contributed by atoms with Gasteiger partial charge in [-0.1, -0.05) is 20.8 Å². The summed E-state index contributed by atoms with van der Waals surface area (Å²) in [5, 5.41) is 17.4. The Balaban J connectivity index is 1.66. The number of carbonyl (C=O) groups is 2. The molecule has 0 radical (unpaired) electrons. The summed E-state index contributed by atoms with van der Waals surface area (Å²) in [6, 6.07) is 3.64. The van der Waals surface area contributed by atoms with Gasteiger partial charge in [0.15, 0.2) is 0 Å². The molecule has 7 heteroatoms. The molecule has 168 valence electrons. The summed E-state index contributed by atoms with van der Waals surface area (Å²) < 4.78 is 10.2. The highest BCUT2D eigenvalue weighted by Crippen LogP contribution is 2.55. The fraction of sp³-hybridized carbons (Fsp3) is 0.739. The number of ether oxygens (including phenoxy) is 1. The van der Waals surface area contributed by atoms with Crippen molar-refractivity contribution >= 4 is 11.8 Å². The molecule has 2 fully saturated rings. The summed E-state index contributed by atoms with van der Waals surface area (Å²) in [5.74, 6) is 0.297. The van der Waals surface area contributed by atoms with Gasteiger partial charge in [0.05, 0.1) is 18.9 Å². The molecule has 7 nitrogen and oxygen atoms in total. The van der Waals surface area contributed by atoms with Gasteiger partial charge in [-0.05, 0) is 61.0 Å². The van der Waals surface area contributed by atoms with E-state index in [4.69, 9.17) is 9.15 Å². The number of fused-ring (bicyclic) bond motifs is 1. The van der Waals surface area contributed by atoms with Crippen molar-refractivity contribution < 1.29 is 23.8 Å². The quantitative estimate of drug-likeness (QED) is 0.629. The van der Waals surface area contributed by atoms with Crippen LogP contribution < -0.4 is 10.6 Å². The molecule has 1 heterocycles. The van der Waals surface area contributed by atoms with Crippen LogP contribution in [0.15, 0.2) is 22.8 Å². The topological polar surface area (TPSA) is 101 Å². The van der Waals surface area contributed by atoms with E-state index in [0.29, 0.717) is 12.3 Å². The molecule has 30 heavy (non-hydrogen) atoms. The van der Waals surface area contributed by atoms with Crippen LogP contribution in [0.4, 0.5) is 0 Å². The SMILES string of the molecule is COCC(=O)NC1CCC2(C)CCC(C(C)C(=O)NCc3ccco3)C(O)C2C1C. The Hall–Kier alpha value is -1.86. The first-order valence-corrected chi connectivity index (χ1v) is 11.0. The average Bonchev–Trinajstić information content (AvgIpc) is 3.22. The first kappa shape index (κ1) is 22.8. The molecular formula is C23H36N2O5. The van der Waals surface area contributed by atoms with E-state index >= 15 is 0 Å². The number of aliphatic hydroxyl groups is 1. The van der Waals surface area contributed by atoms with Gasteiger partial charge in [0, 0.05) is 19.1 Å². The van der Waals surface area contributed by atoms with E-state index in [1.54, 1.807) is 12.3 Å². The molecule has 0 bridgehead atoms. The molecule has 0 saturated heterocycles. The highest BCUT2D eigenvalue weighted by atomic mass is 16.5. The van der Waals surface area contributed by atoms with E-state index in [2.05, 4.69) is 24.5 Å². The van der Waals surface area contributed by atoms with E-state index in [0.717, 1.165) is 25.7 Å². The minimum atomic E-state index is -0.578. The number of carbonyl (C=O) groups excluding carboxylic acids is 2. The molecule has 7 unspecified atom stereocenters. The molecule has 1 aromatic rings. The second-order valence-electron chi connectivity index (χ2n) is 9.46. The molecule has 3 N–H and O–H groups in total. The van der Waals surface area contributed by atoms with Crippen molar-refractivity contribution in [3.8, 4) is 0 Å². The van der Waals surface area contributed by atoms with Crippen LogP contribution in [-0.4, -0.2) is 42.8 Å². The molecule has 2 amide bonds. The summed E-state index contributed by atoms with van der Waals surface area (Å²) >= 11 is 0. The maximum atomic E-state index is 12.8. The number of aliphatic hydroxyl groups excluding tert-OH is 1. The number of furan rings is 1. The van der Waals surface area contributed by atoms with Crippen LogP contribution in [0.25, 0.3) is 0 Å². The molecule has 2 aliphatic carbocycles. The average molecular weight is 421 g/mol. The third-order valence-electron chi connectivity index (χ3n) is 7.58. The Labute approximate surface area is 178 Å². The van der Waals surface area contributed by atoms with Crippen molar-refractivity contribution in [1.82, 2.24) is 10.6 Å². The van der Waals surface area contributed by atoms with Gasteiger partial charge in [-0.3, -0.25) is 9.59 Å². The van der Waals surface area contributed by atoms with Crippen molar-refractivity contribution in [1.29, 1.82) is 0 Å². The van der Waals surface area contributed by atoms with E-state index in [-0.39, 0.29) is 53.5 Å². The highest BCUT2D eigenvalue weighted by Gasteiger charge is 2.53. The third-order valence-corrected chi connectivity index (χ3v) is 7.58. The second kappa shape index (κ2) is 9.52. The maximum Gasteiger partial charge on any atom is 0.246 e. The van der Waals surface area contributed by atoms with Crippen LogP contribution in [-0.2, 0) is 20.9 Å². The van der Waals surface area contributed by atoms with Gasteiger partial charge in [0.2, 0.25) is 11.8 Å². The van der Waals surface area contributed by atoms with Gasteiger partial charge in [0.1, 0.15) is 12.4 Å². The monoisotopic (exact) mass is 420 g/mol. The van der Waals surface area contributed by atoms with Gasteiger partial charge in [-0.25, -0.2) is 0 Å². The first-order chi connectivity index (χ1) is 14.3. The lowest BCUT2D eigenvalue weighted by atomic mass is 9.51. The molecule has 7 atom stereocenters. The summed E-state index contributed by atoms with van der Waals surface area (Å²) in [4.78, 5) is 24.8. The number of amides is 2. The van der Waals surface area contributed by atoms with Crippen LogP contribution in [0.2, 0.25) is 0 Å². The summed E-state index contributed by atoms with van der Waals surface area (Å²) in [5.41, 5.74) is 0.0299. The van der Waals surface area contributed by atoms with E-state index in [1.165, 1.54) is 7.11 Å². The third kappa shape index (κ3) is 4.72. The Morgan fingerprint density at radius 3 is 2.77 bits per heavy atom. The molecule has 1 aromatic heterocycles. The van der Waals surface area contributed by atoms with Crippen LogP contribution in [0.5, 0.6) is 0 Å². The second-order valence-corrected chi connectivity index (χ2v) is 9.46. The Bertz CT molecular complexity index is 721. The number of nitrogens with one attached hydrogen (secondary N) is 2. The van der Waals surface area contributed by atoms with Crippen LogP contribution in [0, 0.1) is 29.1 Å². The zero-order valence-electron chi connectivity index (χ0n) is 18.5. The van der Waals surface area contributed by atoms with Crippen LogP contribution >= 0.6 is 0 Å². The van der Waals surface area contributed by atoms with E-state index < -0.39 is 6.10 Å². The molecule has 2 aliphatic rings. The lowest BCUT2D eigenvalue weighted by Gasteiger charge is -2.56. The Morgan fingerprint density at radius 2 is 2.10 bits per heavy atom. The highest BCUT2D eigenvalue weighted by molar-refractivity contribution is 5.78. The Morgan fingerprint density at radius 1 is 1.37 bits per heavy atom. The standard InChI is InChI=1S/C23H36N2O5/c1-14(22(28)24-12-16-6-5-11-30-16)17-7-9-23(3)10-8-18(25-19(26)13-29-4)15(2)20(23)21(17)27/h5-6,11,14-15,17-18,20-21,27H,7-10,12-13H2,1-4H3,(H,24,28)(H,25,26). The van der Waals surface area contributed by atoms with Crippen molar-refractivity contribution in [3.05, 3.63) is 24.2 Å². The predicted octanol–water partition coefficient (Wildman–Crippen LogP) is 2.49. The molecule has 0 aromatic carbocycles. The minimum absolute atomic E-state index is 0.0159. The largest absolute Gasteiger partial charge is 0.467 e. The normalized spacial score (nSPS) is 34.6. The molecule has 3 rings (SSSR count). The number of rotatable bonds is 7. The van der Waals surface area contributed by atoms with Gasteiger partial charge in [-0.2, -0.15) is 0 Å². The number of methoxy groups -OCH3 is 1. The van der Waals surface area contributed by atoms with E-state index in [9.17, 15) is 14.7 Å². The lowest BCUT2D eigenvalue weighted by molar-refractivity contribution is -0.144. The number of hydrogen-bond acceptors (Lipinski definition) is 5. The van der Waals surface area contributed by atoms with Gasteiger partial charge in [-0.15, -0.1) is 0 Å². The fourth-order valence-corrected chi connectivity index (χ4v) is 5.82. The zero-order chi connectivity index (χ0) is 21.9. The summed E-state index contributed by atoms with van der Waals surface area (Å²) in [7, 11) is 1.51. The zero-order valence-corrected chi connectivity index (χ0v) is 18.5.